The summed E-state index contributed by atoms with van der Waals surface area (Å²) >= 11 is 9.57. The Kier molecular flexibility index (Phi) is 7.95. The largest absolute Gasteiger partial charge is 0.480 e. The predicted octanol–water partition coefficient (Wildman–Crippen LogP) is 8.02. The lowest BCUT2D eigenvalue weighted by Crippen LogP contribution is -2.33. The Morgan fingerprint density at radius 2 is 1.86 bits per heavy atom. The van der Waals surface area contributed by atoms with Gasteiger partial charge in [0.2, 0.25) is 0 Å². The summed E-state index contributed by atoms with van der Waals surface area (Å²) < 4.78 is 2.20. The van der Waals surface area contributed by atoms with Crippen LogP contribution in [0.15, 0.2) is 65.5 Å². The molecule has 0 aliphatic carbocycles. The van der Waals surface area contributed by atoms with Crippen LogP contribution < -0.4 is 0 Å². The van der Waals surface area contributed by atoms with Gasteiger partial charge in [0.1, 0.15) is 11.2 Å². The molecule has 0 radical (unpaired) electrons. The van der Waals surface area contributed by atoms with Gasteiger partial charge in [0.25, 0.3) is 0 Å². The van der Waals surface area contributed by atoms with Crippen LogP contribution in [0.2, 0.25) is 5.02 Å². The molecule has 3 heterocycles. The van der Waals surface area contributed by atoms with Crippen molar-refractivity contribution >= 4 is 51.4 Å². The minimum atomic E-state index is -1.20. The van der Waals surface area contributed by atoms with E-state index < -0.39 is 11.4 Å². The second-order valence-corrected chi connectivity index (χ2v) is 11.0. The van der Waals surface area contributed by atoms with Crippen LogP contribution in [-0.4, -0.2) is 20.6 Å². The molecule has 7 heteroatoms. The van der Waals surface area contributed by atoms with Gasteiger partial charge in [-0.2, -0.15) is 0 Å². The molecule has 1 aromatic carbocycles. The summed E-state index contributed by atoms with van der Waals surface area (Å²) in [6, 6.07) is 15.6. The molecule has 1 N–H and O–H groups in total. The number of rotatable bonds is 10. The number of carboxylic acid groups (broad SMARTS) is 1. The molecule has 4 nitrogen and oxygen atoms in total. The van der Waals surface area contributed by atoms with E-state index in [1.807, 2.05) is 79.3 Å². The quantitative estimate of drug-likeness (QED) is 0.228. The topological polar surface area (TPSA) is 55.1 Å². The van der Waals surface area contributed by atoms with Gasteiger partial charge in [0, 0.05) is 21.2 Å². The minimum Gasteiger partial charge on any atom is -0.480 e. The van der Waals surface area contributed by atoms with Crippen LogP contribution in [0.5, 0.6) is 0 Å². The maximum Gasteiger partial charge on any atom is 0.319 e. The van der Waals surface area contributed by atoms with Crippen molar-refractivity contribution in [3.63, 3.8) is 0 Å². The summed E-state index contributed by atoms with van der Waals surface area (Å²) in [6.45, 7) is 6.58. The van der Waals surface area contributed by atoms with Crippen molar-refractivity contribution in [1.82, 2.24) is 9.55 Å². The number of imidazole rings is 1. The fraction of sp³-hybridized carbons (Fsp3) is 0.286. The standard InChI is InChI=1S/C28H29ClN2O2S2/c1-4-5-14-25-30-17-22(31(25)18-20-10-6-7-11-21(20)29)19(2)26(23-12-8-15-34-23)28(3,27(32)33)24-13-9-16-35-24/h6-13,15-17H,4-5,14,18H2,1-3H3,(H,32,33)/b26-19-. The summed E-state index contributed by atoms with van der Waals surface area (Å²) in [6.07, 6.45) is 4.84. The van der Waals surface area contributed by atoms with E-state index in [2.05, 4.69) is 11.5 Å². The number of hydrogen-bond donors (Lipinski definition) is 1. The number of carbonyl (C=O) groups is 1. The maximum absolute atomic E-state index is 12.9. The molecule has 0 aliphatic heterocycles. The molecule has 4 aromatic rings. The van der Waals surface area contributed by atoms with Crippen LogP contribution in [0.1, 0.15) is 60.4 Å². The Balaban J connectivity index is 1.96. The fourth-order valence-electron chi connectivity index (χ4n) is 4.47. The number of hydrogen-bond acceptors (Lipinski definition) is 4. The Labute approximate surface area is 219 Å². The molecule has 0 aliphatic rings. The lowest BCUT2D eigenvalue weighted by molar-refractivity contribution is -0.140. The molecule has 0 saturated heterocycles. The number of aromatic nitrogens is 2. The molecular formula is C28H29ClN2O2S2. The highest BCUT2D eigenvalue weighted by molar-refractivity contribution is 7.11. The van der Waals surface area contributed by atoms with Crippen LogP contribution in [-0.2, 0) is 23.2 Å². The third-order valence-electron chi connectivity index (χ3n) is 6.45. The van der Waals surface area contributed by atoms with Crippen LogP contribution in [0.4, 0.5) is 0 Å². The molecule has 0 bridgehead atoms. The molecule has 0 saturated carbocycles. The smallest absolute Gasteiger partial charge is 0.319 e. The van der Waals surface area contributed by atoms with Gasteiger partial charge in [-0.3, -0.25) is 4.79 Å². The lowest BCUT2D eigenvalue weighted by atomic mass is 9.77. The van der Waals surface area contributed by atoms with E-state index in [1.165, 1.54) is 11.3 Å². The van der Waals surface area contributed by atoms with Gasteiger partial charge in [-0.25, -0.2) is 4.98 Å². The molecule has 4 rings (SSSR count). The molecule has 0 amide bonds. The van der Waals surface area contributed by atoms with E-state index in [-0.39, 0.29) is 0 Å². The Morgan fingerprint density at radius 3 is 2.49 bits per heavy atom. The summed E-state index contributed by atoms with van der Waals surface area (Å²) in [4.78, 5) is 19.4. The van der Waals surface area contributed by atoms with Crippen LogP contribution >= 0.6 is 34.3 Å². The second-order valence-electron chi connectivity index (χ2n) is 8.73. The highest BCUT2D eigenvalue weighted by Gasteiger charge is 2.43. The number of thiophene rings is 2. The molecule has 1 unspecified atom stereocenters. The number of benzene rings is 1. The van der Waals surface area contributed by atoms with Crippen LogP contribution in [0, 0.1) is 0 Å². The number of halogens is 1. The van der Waals surface area contributed by atoms with Crippen molar-refractivity contribution in [1.29, 1.82) is 0 Å². The molecule has 0 spiro atoms. The maximum atomic E-state index is 12.9. The van der Waals surface area contributed by atoms with Crippen molar-refractivity contribution in [2.75, 3.05) is 0 Å². The normalized spacial score (nSPS) is 13.9. The first-order valence-corrected chi connectivity index (χ1v) is 13.8. The molecule has 0 fully saturated rings. The Hall–Kier alpha value is -2.67. The first kappa shape index (κ1) is 25.4. The van der Waals surface area contributed by atoms with E-state index in [1.54, 1.807) is 11.3 Å². The molecular weight excluding hydrogens is 496 g/mol. The first-order chi connectivity index (χ1) is 16.9. The summed E-state index contributed by atoms with van der Waals surface area (Å²) in [5.74, 6) is 0.117. The number of carboxylic acids is 1. The van der Waals surface area contributed by atoms with Gasteiger partial charge in [-0.05, 0) is 65.9 Å². The highest BCUT2D eigenvalue weighted by Crippen LogP contribution is 2.46. The molecule has 182 valence electrons. The number of allylic oxidation sites excluding steroid dienone is 1. The Bertz CT molecular complexity index is 1320. The van der Waals surface area contributed by atoms with E-state index in [9.17, 15) is 9.90 Å². The van der Waals surface area contributed by atoms with Crippen molar-refractivity contribution < 1.29 is 9.90 Å². The number of nitrogens with zero attached hydrogens (tertiary/aromatic N) is 2. The van der Waals surface area contributed by atoms with Crippen LogP contribution in [0.25, 0.3) is 11.1 Å². The van der Waals surface area contributed by atoms with Gasteiger partial charge in [0.05, 0.1) is 18.4 Å². The Morgan fingerprint density at radius 1 is 1.11 bits per heavy atom. The van der Waals surface area contributed by atoms with Gasteiger partial charge < -0.3 is 9.67 Å². The number of aryl methyl sites for hydroxylation is 1. The zero-order chi connectivity index (χ0) is 25.0. The number of aliphatic carboxylic acids is 1. The summed E-state index contributed by atoms with van der Waals surface area (Å²) in [5, 5.41) is 15.2. The van der Waals surface area contributed by atoms with E-state index in [0.29, 0.717) is 11.6 Å². The van der Waals surface area contributed by atoms with Gasteiger partial charge in [0.15, 0.2) is 0 Å². The highest BCUT2D eigenvalue weighted by atomic mass is 35.5. The van der Waals surface area contributed by atoms with E-state index >= 15 is 0 Å². The van der Waals surface area contributed by atoms with Gasteiger partial charge >= 0.3 is 5.97 Å². The SMILES string of the molecule is CCCCc1ncc(/C(C)=C(/c2cccs2)C(C)(C(=O)O)c2cccs2)n1Cc1ccccc1Cl. The first-order valence-electron chi connectivity index (χ1n) is 11.7. The average Bonchev–Trinajstić information content (AvgIpc) is 3.62. The summed E-state index contributed by atoms with van der Waals surface area (Å²) in [7, 11) is 0. The summed E-state index contributed by atoms with van der Waals surface area (Å²) in [5.41, 5.74) is 2.43. The number of unbranched alkanes of at least 4 members (excludes halogenated alkanes) is 1. The minimum absolute atomic E-state index is 0.575. The van der Waals surface area contributed by atoms with E-state index in [0.717, 1.165) is 57.2 Å². The van der Waals surface area contributed by atoms with Crippen LogP contribution in [0.3, 0.4) is 0 Å². The third kappa shape index (κ3) is 5.01. The third-order valence-corrected chi connectivity index (χ3v) is 8.79. The van der Waals surface area contributed by atoms with Crippen molar-refractivity contribution in [3.05, 3.63) is 97.3 Å². The fourth-order valence-corrected chi connectivity index (χ4v) is 6.49. The van der Waals surface area contributed by atoms with Crippen molar-refractivity contribution in [2.45, 2.75) is 52.0 Å². The zero-order valence-electron chi connectivity index (χ0n) is 20.1. The van der Waals surface area contributed by atoms with Crippen molar-refractivity contribution in [2.24, 2.45) is 0 Å². The predicted molar refractivity (Wildman–Crippen MR) is 148 cm³/mol. The second kappa shape index (κ2) is 10.9. The average molecular weight is 525 g/mol. The zero-order valence-corrected chi connectivity index (χ0v) is 22.5. The molecule has 1 atom stereocenters. The molecule has 35 heavy (non-hydrogen) atoms. The van der Waals surface area contributed by atoms with Crippen molar-refractivity contribution in [3.8, 4) is 0 Å². The van der Waals surface area contributed by atoms with Gasteiger partial charge in [-0.1, -0.05) is 55.3 Å². The monoisotopic (exact) mass is 524 g/mol. The lowest BCUT2D eigenvalue weighted by Gasteiger charge is -2.29. The van der Waals surface area contributed by atoms with E-state index in [4.69, 9.17) is 16.6 Å². The van der Waals surface area contributed by atoms with Gasteiger partial charge in [-0.15, -0.1) is 22.7 Å². The molecule has 3 aromatic heterocycles.